The molecule has 1 amide bonds. The SMILES string of the molecule is O=C1C(=O)N(c2ccc3c(c2)OCO3)C(c2cccs2)/C1=C(/O)c1ccccc1. The van der Waals surface area contributed by atoms with Gasteiger partial charge < -0.3 is 14.6 Å². The minimum Gasteiger partial charge on any atom is -0.507 e. The summed E-state index contributed by atoms with van der Waals surface area (Å²) in [7, 11) is 0. The van der Waals surface area contributed by atoms with Gasteiger partial charge in [0, 0.05) is 22.2 Å². The number of rotatable bonds is 3. The van der Waals surface area contributed by atoms with Gasteiger partial charge in [0.2, 0.25) is 6.79 Å². The first-order chi connectivity index (χ1) is 14.1. The average molecular weight is 405 g/mol. The Kier molecular flexibility index (Phi) is 4.10. The molecule has 3 heterocycles. The number of carbonyl (C=O) groups is 2. The smallest absolute Gasteiger partial charge is 0.300 e. The second-order valence-corrected chi connectivity index (χ2v) is 7.57. The van der Waals surface area contributed by atoms with Crippen LogP contribution in [-0.2, 0) is 9.59 Å². The van der Waals surface area contributed by atoms with Gasteiger partial charge in [-0.15, -0.1) is 11.3 Å². The lowest BCUT2D eigenvalue weighted by Crippen LogP contribution is -2.29. The van der Waals surface area contributed by atoms with Crippen molar-refractivity contribution >= 4 is 34.5 Å². The van der Waals surface area contributed by atoms with Crippen LogP contribution in [0.5, 0.6) is 11.5 Å². The van der Waals surface area contributed by atoms with E-state index in [0.29, 0.717) is 22.7 Å². The molecule has 0 aliphatic carbocycles. The summed E-state index contributed by atoms with van der Waals surface area (Å²) in [6.45, 7) is 0.111. The number of hydrogen-bond acceptors (Lipinski definition) is 6. The molecule has 1 unspecified atom stereocenters. The molecule has 1 saturated heterocycles. The van der Waals surface area contributed by atoms with Gasteiger partial charge in [0.15, 0.2) is 11.5 Å². The minimum absolute atomic E-state index is 0.0707. The first-order valence-electron chi connectivity index (χ1n) is 8.94. The van der Waals surface area contributed by atoms with Gasteiger partial charge in [-0.05, 0) is 23.6 Å². The number of fused-ring (bicyclic) bond motifs is 1. The normalized spacial score (nSPS) is 19.7. The largest absolute Gasteiger partial charge is 0.507 e. The average Bonchev–Trinajstić information content (AvgIpc) is 3.48. The molecule has 1 atom stereocenters. The molecule has 0 radical (unpaired) electrons. The van der Waals surface area contributed by atoms with Crippen molar-refractivity contribution in [2.45, 2.75) is 6.04 Å². The van der Waals surface area contributed by atoms with Crippen molar-refractivity contribution in [3.63, 3.8) is 0 Å². The summed E-state index contributed by atoms with van der Waals surface area (Å²) in [5.74, 6) is -0.507. The van der Waals surface area contributed by atoms with E-state index in [4.69, 9.17) is 9.47 Å². The lowest BCUT2D eigenvalue weighted by Gasteiger charge is -2.24. The molecular weight excluding hydrogens is 390 g/mol. The monoisotopic (exact) mass is 405 g/mol. The van der Waals surface area contributed by atoms with Gasteiger partial charge in [-0.25, -0.2) is 0 Å². The maximum absolute atomic E-state index is 13.0. The van der Waals surface area contributed by atoms with Crippen LogP contribution in [0.4, 0.5) is 5.69 Å². The van der Waals surface area contributed by atoms with Crippen LogP contribution in [0.25, 0.3) is 5.76 Å². The van der Waals surface area contributed by atoms with Crippen molar-refractivity contribution in [2.24, 2.45) is 0 Å². The van der Waals surface area contributed by atoms with Gasteiger partial charge in [-0.3, -0.25) is 14.5 Å². The fourth-order valence-electron chi connectivity index (χ4n) is 3.60. The van der Waals surface area contributed by atoms with Crippen LogP contribution in [0.2, 0.25) is 0 Å². The number of thiophene rings is 1. The molecule has 0 spiro atoms. The van der Waals surface area contributed by atoms with Crippen molar-refractivity contribution in [1.29, 1.82) is 0 Å². The number of Topliss-reactive ketones (excluding diaryl/α,β-unsaturated/α-hetero) is 1. The predicted octanol–water partition coefficient (Wildman–Crippen LogP) is 4.10. The van der Waals surface area contributed by atoms with Gasteiger partial charge >= 0.3 is 0 Å². The molecule has 2 aliphatic heterocycles. The van der Waals surface area contributed by atoms with Gasteiger partial charge in [0.25, 0.3) is 11.7 Å². The van der Waals surface area contributed by atoms with Crippen LogP contribution in [0.15, 0.2) is 71.6 Å². The minimum atomic E-state index is -0.726. The van der Waals surface area contributed by atoms with E-state index in [-0.39, 0.29) is 18.1 Å². The first-order valence-corrected chi connectivity index (χ1v) is 9.82. The summed E-state index contributed by atoms with van der Waals surface area (Å²) < 4.78 is 10.8. The Morgan fingerprint density at radius 1 is 1.00 bits per heavy atom. The van der Waals surface area contributed by atoms with Crippen molar-refractivity contribution in [1.82, 2.24) is 0 Å². The van der Waals surface area contributed by atoms with E-state index in [1.807, 2.05) is 23.6 Å². The molecule has 2 aromatic carbocycles. The molecule has 3 aromatic rings. The Hall–Kier alpha value is -3.58. The van der Waals surface area contributed by atoms with Gasteiger partial charge in [-0.2, -0.15) is 0 Å². The summed E-state index contributed by atoms with van der Waals surface area (Å²) in [5.41, 5.74) is 1.06. The summed E-state index contributed by atoms with van der Waals surface area (Å²) in [4.78, 5) is 28.2. The summed E-state index contributed by atoms with van der Waals surface area (Å²) in [5, 5.41) is 12.8. The number of aliphatic hydroxyl groups excluding tert-OH is 1. The van der Waals surface area contributed by atoms with E-state index in [9.17, 15) is 14.7 Å². The van der Waals surface area contributed by atoms with Gasteiger partial charge in [0.05, 0.1) is 5.57 Å². The Labute approximate surface area is 170 Å². The van der Waals surface area contributed by atoms with Crippen molar-refractivity contribution in [2.75, 3.05) is 11.7 Å². The van der Waals surface area contributed by atoms with E-state index in [1.165, 1.54) is 16.2 Å². The molecule has 1 aromatic heterocycles. The van der Waals surface area contributed by atoms with Crippen molar-refractivity contribution in [3.8, 4) is 11.5 Å². The van der Waals surface area contributed by atoms with Crippen LogP contribution in [0, 0.1) is 0 Å². The molecule has 5 rings (SSSR count). The standard InChI is InChI=1S/C22H15NO5S/c24-20(13-5-2-1-3-6-13)18-19(17-7-4-10-29-17)23(22(26)21(18)25)14-8-9-15-16(11-14)28-12-27-15/h1-11,19,24H,12H2/b20-18-. The van der Waals surface area contributed by atoms with E-state index in [1.54, 1.807) is 42.5 Å². The third-order valence-corrected chi connectivity index (χ3v) is 5.86. The quantitative estimate of drug-likeness (QED) is 0.403. The number of aliphatic hydroxyl groups is 1. The molecular formula is C22H15NO5S. The molecule has 1 N–H and O–H groups in total. The Balaban J connectivity index is 1.69. The third-order valence-electron chi connectivity index (χ3n) is 4.94. The number of hydrogen-bond donors (Lipinski definition) is 1. The summed E-state index contributed by atoms with van der Waals surface area (Å²) in [6.07, 6.45) is 0. The number of nitrogens with zero attached hydrogens (tertiary/aromatic N) is 1. The molecule has 1 fully saturated rings. The zero-order valence-corrected chi connectivity index (χ0v) is 15.9. The zero-order valence-electron chi connectivity index (χ0n) is 15.1. The fourth-order valence-corrected chi connectivity index (χ4v) is 4.43. The van der Waals surface area contributed by atoms with Crippen LogP contribution >= 0.6 is 11.3 Å². The Morgan fingerprint density at radius 3 is 2.55 bits per heavy atom. The number of anilines is 1. The summed E-state index contributed by atoms with van der Waals surface area (Å²) >= 11 is 1.42. The third kappa shape index (κ3) is 2.78. The first kappa shape index (κ1) is 17.5. The van der Waals surface area contributed by atoms with Crippen LogP contribution < -0.4 is 14.4 Å². The number of ketones is 1. The number of benzene rings is 2. The highest BCUT2D eigenvalue weighted by Gasteiger charge is 2.47. The van der Waals surface area contributed by atoms with E-state index in [0.717, 1.165) is 4.88 Å². The predicted molar refractivity (Wildman–Crippen MR) is 108 cm³/mol. The molecule has 2 aliphatic rings. The highest BCUT2D eigenvalue weighted by Crippen LogP contribution is 2.45. The second-order valence-electron chi connectivity index (χ2n) is 6.59. The van der Waals surface area contributed by atoms with Crippen LogP contribution in [0.3, 0.4) is 0 Å². The molecule has 0 saturated carbocycles. The van der Waals surface area contributed by atoms with Crippen molar-refractivity contribution < 1.29 is 24.2 Å². The fraction of sp³-hybridized carbons (Fsp3) is 0.0909. The number of amides is 1. The van der Waals surface area contributed by atoms with Gasteiger partial charge in [0.1, 0.15) is 11.8 Å². The van der Waals surface area contributed by atoms with E-state index >= 15 is 0 Å². The van der Waals surface area contributed by atoms with Crippen molar-refractivity contribution in [3.05, 3.63) is 82.1 Å². The van der Waals surface area contributed by atoms with Crippen LogP contribution in [0.1, 0.15) is 16.5 Å². The lowest BCUT2D eigenvalue weighted by atomic mass is 10.00. The highest BCUT2D eigenvalue weighted by molar-refractivity contribution is 7.10. The number of ether oxygens (including phenoxy) is 2. The second kappa shape index (κ2) is 6.79. The molecule has 0 bridgehead atoms. The maximum Gasteiger partial charge on any atom is 0.300 e. The maximum atomic E-state index is 13.0. The molecule has 6 nitrogen and oxygen atoms in total. The van der Waals surface area contributed by atoms with Gasteiger partial charge in [-0.1, -0.05) is 36.4 Å². The van der Waals surface area contributed by atoms with E-state index < -0.39 is 17.7 Å². The summed E-state index contributed by atoms with van der Waals surface area (Å²) in [6, 6.07) is 16.8. The number of carbonyl (C=O) groups excluding carboxylic acids is 2. The topological polar surface area (TPSA) is 76.1 Å². The van der Waals surface area contributed by atoms with Crippen LogP contribution in [-0.4, -0.2) is 23.6 Å². The van der Waals surface area contributed by atoms with E-state index in [2.05, 4.69) is 0 Å². The zero-order chi connectivity index (χ0) is 20.0. The highest BCUT2D eigenvalue weighted by atomic mass is 32.1. The molecule has 29 heavy (non-hydrogen) atoms. The molecule has 7 heteroatoms. The lowest BCUT2D eigenvalue weighted by molar-refractivity contribution is -0.132. The Morgan fingerprint density at radius 2 is 1.79 bits per heavy atom. The Bertz CT molecular complexity index is 1140. The molecule has 144 valence electrons.